The van der Waals surface area contributed by atoms with Gasteiger partial charge in [-0.2, -0.15) is 0 Å². The van der Waals surface area contributed by atoms with E-state index >= 15 is 0 Å². The third-order valence-electron chi connectivity index (χ3n) is 2.31. The molecule has 3 nitrogen and oxygen atoms in total. The standard InChI is InChI=1S/C12H22O3/c1-11(2,7-6-8-13)9-12(3,4)10(14)15-5/h6-7,13H,8-9H2,1-5H3/b7-6+. The Balaban J connectivity index is 4.56. The van der Waals surface area contributed by atoms with Crippen LogP contribution in [-0.2, 0) is 9.53 Å². The lowest BCUT2D eigenvalue weighted by Gasteiger charge is -2.30. The second-order valence-electron chi connectivity index (χ2n) is 5.13. The van der Waals surface area contributed by atoms with E-state index in [0.29, 0.717) is 6.42 Å². The summed E-state index contributed by atoms with van der Waals surface area (Å²) in [4.78, 5) is 11.5. The van der Waals surface area contributed by atoms with Crippen molar-refractivity contribution >= 4 is 5.97 Å². The Kier molecular flexibility index (Phi) is 5.01. The molecule has 0 spiro atoms. The van der Waals surface area contributed by atoms with Crippen LogP contribution in [0.15, 0.2) is 12.2 Å². The summed E-state index contributed by atoms with van der Waals surface area (Å²) in [5.41, 5.74) is -0.627. The van der Waals surface area contributed by atoms with Crippen LogP contribution in [0.4, 0.5) is 0 Å². The Hall–Kier alpha value is -0.830. The van der Waals surface area contributed by atoms with Crippen LogP contribution in [0.5, 0.6) is 0 Å². The number of allylic oxidation sites excluding steroid dienone is 1. The van der Waals surface area contributed by atoms with Crippen molar-refractivity contribution in [2.75, 3.05) is 13.7 Å². The lowest BCUT2D eigenvalue weighted by Crippen LogP contribution is -2.30. The Morgan fingerprint density at radius 3 is 2.27 bits per heavy atom. The highest BCUT2D eigenvalue weighted by Crippen LogP contribution is 2.35. The number of hydrogen-bond donors (Lipinski definition) is 1. The van der Waals surface area contributed by atoms with Gasteiger partial charge in [0.2, 0.25) is 0 Å². The quantitative estimate of drug-likeness (QED) is 0.563. The first-order valence-electron chi connectivity index (χ1n) is 5.12. The Bertz CT molecular complexity index is 239. The van der Waals surface area contributed by atoms with E-state index in [1.807, 2.05) is 33.8 Å². The number of aliphatic hydroxyl groups is 1. The molecule has 0 heterocycles. The molecule has 0 atom stereocenters. The fourth-order valence-electron chi connectivity index (χ4n) is 1.92. The minimum Gasteiger partial charge on any atom is -0.469 e. The molecule has 0 radical (unpaired) electrons. The maximum atomic E-state index is 11.5. The first kappa shape index (κ1) is 14.2. The van der Waals surface area contributed by atoms with E-state index in [1.165, 1.54) is 7.11 Å². The van der Waals surface area contributed by atoms with Gasteiger partial charge in [0.15, 0.2) is 0 Å². The normalized spacial score (nSPS) is 13.2. The number of carbonyl (C=O) groups excluding carboxylic acids is 1. The van der Waals surface area contributed by atoms with Gasteiger partial charge in [-0.05, 0) is 25.7 Å². The van der Waals surface area contributed by atoms with Gasteiger partial charge in [-0.3, -0.25) is 4.79 Å². The molecule has 0 unspecified atom stereocenters. The van der Waals surface area contributed by atoms with Crippen molar-refractivity contribution in [1.29, 1.82) is 0 Å². The van der Waals surface area contributed by atoms with E-state index in [-0.39, 0.29) is 18.0 Å². The molecule has 0 rings (SSSR count). The molecule has 0 bridgehead atoms. The van der Waals surface area contributed by atoms with Crippen molar-refractivity contribution in [2.24, 2.45) is 10.8 Å². The number of hydrogen-bond acceptors (Lipinski definition) is 3. The Morgan fingerprint density at radius 1 is 1.33 bits per heavy atom. The van der Waals surface area contributed by atoms with Crippen LogP contribution in [-0.4, -0.2) is 24.8 Å². The zero-order valence-corrected chi connectivity index (χ0v) is 10.3. The van der Waals surface area contributed by atoms with Crippen molar-refractivity contribution in [1.82, 2.24) is 0 Å². The summed E-state index contributed by atoms with van der Waals surface area (Å²) < 4.78 is 4.75. The van der Waals surface area contributed by atoms with Gasteiger partial charge in [-0.15, -0.1) is 0 Å². The molecule has 0 saturated carbocycles. The molecule has 1 N–H and O–H groups in total. The monoisotopic (exact) mass is 214 g/mol. The molecule has 15 heavy (non-hydrogen) atoms. The molecule has 0 aromatic heterocycles. The summed E-state index contributed by atoms with van der Waals surface area (Å²) in [6.07, 6.45) is 4.31. The van der Waals surface area contributed by atoms with Crippen molar-refractivity contribution < 1.29 is 14.6 Å². The summed E-state index contributed by atoms with van der Waals surface area (Å²) in [6.45, 7) is 7.83. The predicted molar refractivity (Wildman–Crippen MR) is 60.4 cm³/mol. The number of rotatable bonds is 5. The van der Waals surface area contributed by atoms with Crippen LogP contribution in [0.1, 0.15) is 34.1 Å². The molecule has 0 aromatic rings. The topological polar surface area (TPSA) is 46.5 Å². The molecular weight excluding hydrogens is 192 g/mol. The highest BCUT2D eigenvalue weighted by molar-refractivity contribution is 5.75. The van der Waals surface area contributed by atoms with Gasteiger partial charge < -0.3 is 9.84 Å². The van der Waals surface area contributed by atoms with Crippen LogP contribution in [0.2, 0.25) is 0 Å². The average molecular weight is 214 g/mol. The van der Waals surface area contributed by atoms with Crippen LogP contribution in [0, 0.1) is 10.8 Å². The summed E-state index contributed by atoms with van der Waals surface area (Å²) >= 11 is 0. The second-order valence-corrected chi connectivity index (χ2v) is 5.13. The Morgan fingerprint density at radius 2 is 1.87 bits per heavy atom. The average Bonchev–Trinajstić information content (AvgIpc) is 2.11. The molecule has 0 aromatic carbocycles. The molecule has 0 fully saturated rings. The van der Waals surface area contributed by atoms with E-state index in [1.54, 1.807) is 6.08 Å². The van der Waals surface area contributed by atoms with Crippen LogP contribution in [0.3, 0.4) is 0 Å². The fraction of sp³-hybridized carbons (Fsp3) is 0.750. The fourth-order valence-corrected chi connectivity index (χ4v) is 1.92. The zero-order valence-electron chi connectivity index (χ0n) is 10.3. The molecular formula is C12H22O3. The summed E-state index contributed by atoms with van der Waals surface area (Å²) in [5, 5.41) is 8.70. The van der Waals surface area contributed by atoms with Crippen LogP contribution in [0.25, 0.3) is 0 Å². The lowest BCUT2D eigenvalue weighted by atomic mass is 9.75. The molecule has 0 aliphatic carbocycles. The van der Waals surface area contributed by atoms with Gasteiger partial charge in [0.1, 0.15) is 0 Å². The first-order chi connectivity index (χ1) is 6.75. The van der Waals surface area contributed by atoms with Gasteiger partial charge in [0.25, 0.3) is 0 Å². The predicted octanol–water partition coefficient (Wildman–Crippen LogP) is 2.15. The summed E-state index contributed by atoms with van der Waals surface area (Å²) in [7, 11) is 1.40. The molecule has 3 heteroatoms. The number of aliphatic hydroxyl groups excluding tert-OH is 1. The van der Waals surface area contributed by atoms with E-state index in [9.17, 15) is 4.79 Å². The smallest absolute Gasteiger partial charge is 0.311 e. The minimum absolute atomic E-state index is 0.0298. The minimum atomic E-state index is -0.502. The highest BCUT2D eigenvalue weighted by atomic mass is 16.5. The first-order valence-corrected chi connectivity index (χ1v) is 5.12. The van der Waals surface area contributed by atoms with Gasteiger partial charge >= 0.3 is 5.97 Å². The SMILES string of the molecule is COC(=O)C(C)(C)CC(C)(C)/C=C/CO. The number of methoxy groups -OCH3 is 1. The van der Waals surface area contributed by atoms with E-state index < -0.39 is 5.41 Å². The second kappa shape index (κ2) is 5.31. The molecule has 0 aliphatic heterocycles. The third-order valence-corrected chi connectivity index (χ3v) is 2.31. The Labute approximate surface area is 92.1 Å². The van der Waals surface area contributed by atoms with Crippen molar-refractivity contribution in [3.05, 3.63) is 12.2 Å². The van der Waals surface area contributed by atoms with Crippen molar-refractivity contribution in [3.8, 4) is 0 Å². The molecule has 0 saturated heterocycles. The van der Waals surface area contributed by atoms with E-state index in [4.69, 9.17) is 9.84 Å². The van der Waals surface area contributed by atoms with Crippen molar-refractivity contribution in [2.45, 2.75) is 34.1 Å². The van der Waals surface area contributed by atoms with Gasteiger partial charge in [-0.25, -0.2) is 0 Å². The molecule has 88 valence electrons. The zero-order chi connectivity index (χ0) is 12.1. The van der Waals surface area contributed by atoms with Crippen LogP contribution >= 0.6 is 0 Å². The van der Waals surface area contributed by atoms with E-state index in [0.717, 1.165) is 0 Å². The maximum Gasteiger partial charge on any atom is 0.311 e. The summed E-state index contributed by atoms with van der Waals surface area (Å²) in [6, 6.07) is 0. The lowest BCUT2D eigenvalue weighted by molar-refractivity contribution is -0.152. The van der Waals surface area contributed by atoms with Gasteiger partial charge in [-0.1, -0.05) is 26.0 Å². The number of ether oxygens (including phenoxy) is 1. The van der Waals surface area contributed by atoms with Gasteiger partial charge in [0.05, 0.1) is 19.1 Å². The summed E-state index contributed by atoms with van der Waals surface area (Å²) in [5.74, 6) is -0.201. The number of carbonyl (C=O) groups is 1. The largest absolute Gasteiger partial charge is 0.469 e. The third kappa shape index (κ3) is 4.98. The van der Waals surface area contributed by atoms with Crippen molar-refractivity contribution in [3.63, 3.8) is 0 Å². The van der Waals surface area contributed by atoms with Gasteiger partial charge in [0, 0.05) is 0 Å². The number of esters is 1. The molecule has 0 amide bonds. The van der Waals surface area contributed by atoms with E-state index in [2.05, 4.69) is 0 Å². The van der Waals surface area contributed by atoms with Crippen LogP contribution < -0.4 is 0 Å². The maximum absolute atomic E-state index is 11.5. The highest BCUT2D eigenvalue weighted by Gasteiger charge is 2.34. The molecule has 0 aliphatic rings.